The molecular formula is C6H6N2O3. The van der Waals surface area contributed by atoms with Crippen LogP contribution in [0.5, 0.6) is 0 Å². The number of aliphatic carboxylic acids is 1. The van der Waals surface area contributed by atoms with Gasteiger partial charge in [-0.15, -0.1) is 0 Å². The van der Waals surface area contributed by atoms with Crippen LogP contribution < -0.4 is 0 Å². The van der Waals surface area contributed by atoms with E-state index in [4.69, 9.17) is 5.11 Å². The van der Waals surface area contributed by atoms with E-state index in [0.717, 1.165) is 0 Å². The number of ketones is 1. The van der Waals surface area contributed by atoms with Crippen molar-refractivity contribution in [3.63, 3.8) is 0 Å². The smallest absolute Gasteiger partial charge is 0.311 e. The predicted molar refractivity (Wildman–Crippen MR) is 35.2 cm³/mol. The maximum absolute atomic E-state index is 10.9. The summed E-state index contributed by atoms with van der Waals surface area (Å²) in [6.45, 7) is 0. The summed E-state index contributed by atoms with van der Waals surface area (Å²) in [6, 6.07) is 0. The van der Waals surface area contributed by atoms with E-state index in [1.807, 2.05) is 0 Å². The molecular weight excluding hydrogens is 148 g/mol. The second-order valence-electron chi connectivity index (χ2n) is 1.96. The number of hydrogen-bond acceptors (Lipinski definition) is 3. The first kappa shape index (κ1) is 7.46. The van der Waals surface area contributed by atoms with Crippen molar-refractivity contribution in [2.24, 2.45) is 0 Å². The van der Waals surface area contributed by atoms with Crippen LogP contribution in [0.1, 0.15) is 16.9 Å². The Balaban J connectivity index is 2.64. The number of Topliss-reactive ketones (excluding diaryl/α,β-unsaturated/α-hetero) is 1. The first-order valence-corrected chi connectivity index (χ1v) is 2.93. The molecule has 1 aromatic heterocycles. The molecule has 1 aromatic rings. The maximum atomic E-state index is 10.9. The van der Waals surface area contributed by atoms with E-state index in [-0.39, 0.29) is 5.69 Å². The molecule has 5 heteroatoms. The molecule has 0 amide bonds. The minimum absolute atomic E-state index is 0.229. The van der Waals surface area contributed by atoms with Gasteiger partial charge in [0.15, 0.2) is 5.78 Å². The molecule has 0 spiro atoms. The largest absolute Gasteiger partial charge is 0.481 e. The highest BCUT2D eigenvalue weighted by molar-refractivity contribution is 6.04. The van der Waals surface area contributed by atoms with E-state index in [0.29, 0.717) is 0 Å². The number of carbonyl (C=O) groups is 2. The molecule has 5 nitrogen and oxygen atoms in total. The van der Waals surface area contributed by atoms with Crippen molar-refractivity contribution >= 4 is 11.8 Å². The molecule has 11 heavy (non-hydrogen) atoms. The van der Waals surface area contributed by atoms with E-state index >= 15 is 0 Å². The van der Waals surface area contributed by atoms with Crippen LogP contribution in [0.3, 0.4) is 0 Å². The van der Waals surface area contributed by atoms with Crippen molar-refractivity contribution in [1.82, 2.24) is 9.97 Å². The van der Waals surface area contributed by atoms with Crippen molar-refractivity contribution in [2.75, 3.05) is 0 Å². The van der Waals surface area contributed by atoms with Gasteiger partial charge in [0.2, 0.25) is 0 Å². The van der Waals surface area contributed by atoms with Gasteiger partial charge in [-0.2, -0.15) is 0 Å². The monoisotopic (exact) mass is 154 g/mol. The van der Waals surface area contributed by atoms with Crippen LogP contribution in [0.15, 0.2) is 12.5 Å². The van der Waals surface area contributed by atoms with Crippen molar-refractivity contribution in [3.8, 4) is 0 Å². The van der Waals surface area contributed by atoms with Gasteiger partial charge in [0, 0.05) is 0 Å². The van der Waals surface area contributed by atoms with Crippen LogP contribution in [0.4, 0.5) is 0 Å². The summed E-state index contributed by atoms with van der Waals surface area (Å²) in [5.41, 5.74) is 0.229. The SMILES string of the molecule is O=C(O)CC(=O)c1cnc[nH]1. The fourth-order valence-corrected chi connectivity index (χ4v) is 0.641. The third-order valence-corrected chi connectivity index (χ3v) is 1.11. The molecule has 0 fully saturated rings. The Bertz CT molecular complexity index is 265. The fourth-order valence-electron chi connectivity index (χ4n) is 0.641. The van der Waals surface area contributed by atoms with E-state index in [2.05, 4.69) is 9.97 Å². The Labute approximate surface area is 62.1 Å². The van der Waals surface area contributed by atoms with Gasteiger partial charge in [-0.3, -0.25) is 9.59 Å². The first-order chi connectivity index (χ1) is 5.20. The van der Waals surface area contributed by atoms with Crippen LogP contribution in [0.25, 0.3) is 0 Å². The third-order valence-electron chi connectivity index (χ3n) is 1.11. The van der Waals surface area contributed by atoms with Gasteiger partial charge >= 0.3 is 5.97 Å². The van der Waals surface area contributed by atoms with E-state index < -0.39 is 18.2 Å². The molecule has 0 unspecified atom stereocenters. The zero-order chi connectivity index (χ0) is 8.27. The van der Waals surface area contributed by atoms with Crippen LogP contribution in [0.2, 0.25) is 0 Å². The summed E-state index contributed by atoms with van der Waals surface area (Å²) < 4.78 is 0. The van der Waals surface area contributed by atoms with Gasteiger partial charge in [0.05, 0.1) is 12.5 Å². The number of nitrogens with one attached hydrogen (secondary N) is 1. The topological polar surface area (TPSA) is 83.0 Å². The van der Waals surface area contributed by atoms with Gasteiger partial charge < -0.3 is 10.1 Å². The lowest BCUT2D eigenvalue weighted by atomic mass is 10.2. The molecule has 0 aromatic carbocycles. The highest BCUT2D eigenvalue weighted by Gasteiger charge is 2.10. The highest BCUT2D eigenvalue weighted by Crippen LogP contribution is 1.96. The number of carboxylic acid groups (broad SMARTS) is 1. The molecule has 58 valence electrons. The van der Waals surface area contributed by atoms with Crippen molar-refractivity contribution in [3.05, 3.63) is 18.2 Å². The first-order valence-electron chi connectivity index (χ1n) is 2.93. The molecule has 0 aliphatic heterocycles. The van der Waals surface area contributed by atoms with Crippen LogP contribution in [-0.2, 0) is 4.79 Å². The summed E-state index contributed by atoms with van der Waals surface area (Å²) in [7, 11) is 0. The zero-order valence-corrected chi connectivity index (χ0v) is 5.57. The van der Waals surface area contributed by atoms with Crippen molar-refractivity contribution < 1.29 is 14.7 Å². The van der Waals surface area contributed by atoms with Crippen LogP contribution in [-0.4, -0.2) is 26.8 Å². The highest BCUT2D eigenvalue weighted by atomic mass is 16.4. The van der Waals surface area contributed by atoms with Crippen LogP contribution >= 0.6 is 0 Å². The molecule has 1 heterocycles. The lowest BCUT2D eigenvalue weighted by Crippen LogP contribution is -2.06. The zero-order valence-electron chi connectivity index (χ0n) is 5.57. The molecule has 0 radical (unpaired) electrons. The summed E-state index contributed by atoms with van der Waals surface area (Å²) in [5.74, 6) is -1.60. The Hall–Kier alpha value is -1.65. The number of imidazole rings is 1. The van der Waals surface area contributed by atoms with E-state index in [1.165, 1.54) is 12.5 Å². The molecule has 0 saturated carbocycles. The Morgan fingerprint density at radius 3 is 2.82 bits per heavy atom. The number of carboxylic acids is 1. The molecule has 2 N–H and O–H groups in total. The molecule has 0 aliphatic carbocycles. The fraction of sp³-hybridized carbons (Fsp3) is 0.167. The number of aromatic amines is 1. The number of aromatic nitrogens is 2. The van der Waals surface area contributed by atoms with Gasteiger partial charge in [-0.25, -0.2) is 4.98 Å². The minimum atomic E-state index is -1.13. The van der Waals surface area contributed by atoms with Gasteiger partial charge in [-0.05, 0) is 0 Å². The summed E-state index contributed by atoms with van der Waals surface area (Å²) in [4.78, 5) is 27.0. The lowest BCUT2D eigenvalue weighted by Gasteiger charge is -1.89. The summed E-state index contributed by atoms with van der Waals surface area (Å²) >= 11 is 0. The average molecular weight is 154 g/mol. The summed E-state index contributed by atoms with van der Waals surface area (Å²) in [6.07, 6.45) is 2.13. The maximum Gasteiger partial charge on any atom is 0.311 e. The number of carbonyl (C=O) groups excluding carboxylic acids is 1. The molecule has 0 atom stereocenters. The van der Waals surface area contributed by atoms with Gasteiger partial charge in [0.1, 0.15) is 12.1 Å². The number of rotatable bonds is 3. The number of hydrogen-bond donors (Lipinski definition) is 2. The standard InChI is InChI=1S/C6H6N2O3/c9-5(1-6(10)11)4-2-7-3-8-4/h2-3H,1H2,(H,7,8)(H,10,11). The Kier molecular flexibility index (Phi) is 2.00. The third kappa shape index (κ3) is 1.89. The second-order valence-corrected chi connectivity index (χ2v) is 1.96. The normalized spacial score (nSPS) is 9.45. The van der Waals surface area contributed by atoms with E-state index in [9.17, 15) is 9.59 Å². The average Bonchev–Trinajstić information content (AvgIpc) is 2.35. The molecule has 0 bridgehead atoms. The molecule has 1 rings (SSSR count). The van der Waals surface area contributed by atoms with E-state index in [1.54, 1.807) is 0 Å². The lowest BCUT2D eigenvalue weighted by molar-refractivity contribution is -0.135. The minimum Gasteiger partial charge on any atom is -0.481 e. The second kappa shape index (κ2) is 2.96. The Morgan fingerprint density at radius 2 is 2.36 bits per heavy atom. The predicted octanol–water partition coefficient (Wildman–Crippen LogP) is 0.0671. The summed E-state index contributed by atoms with van der Waals surface area (Å²) in [5, 5.41) is 8.23. The number of nitrogens with zero attached hydrogens (tertiary/aromatic N) is 1. The van der Waals surface area contributed by atoms with Crippen molar-refractivity contribution in [2.45, 2.75) is 6.42 Å². The van der Waals surface area contributed by atoms with Gasteiger partial charge in [0.25, 0.3) is 0 Å². The Morgan fingerprint density at radius 1 is 1.64 bits per heavy atom. The van der Waals surface area contributed by atoms with Crippen molar-refractivity contribution in [1.29, 1.82) is 0 Å². The number of H-pyrrole nitrogens is 1. The molecule has 0 saturated heterocycles. The van der Waals surface area contributed by atoms with Gasteiger partial charge in [-0.1, -0.05) is 0 Å². The quantitative estimate of drug-likeness (QED) is 0.476. The molecule has 0 aliphatic rings. The van der Waals surface area contributed by atoms with Crippen LogP contribution in [0, 0.1) is 0 Å².